The number of hydrogen-bond donors (Lipinski definition) is 1. The second-order valence-electron chi connectivity index (χ2n) is 9.98. The van der Waals surface area contributed by atoms with Gasteiger partial charge in [0.25, 0.3) is 0 Å². The van der Waals surface area contributed by atoms with Crippen LogP contribution in [-0.2, 0) is 17.8 Å². The number of H-pyrrole nitrogens is 1. The number of carbonyl (C=O) groups excluding carboxylic acids is 1. The van der Waals surface area contributed by atoms with Crippen LogP contribution in [0.15, 0.2) is 91.0 Å². The van der Waals surface area contributed by atoms with Crippen molar-refractivity contribution >= 4 is 29.5 Å². The third kappa shape index (κ3) is 5.61. The first-order valence-corrected chi connectivity index (χ1v) is 13.8. The van der Waals surface area contributed by atoms with Crippen LogP contribution in [0.1, 0.15) is 47.8 Å². The fraction of sp³-hybridized carbons (Fsp3) is 0.147. The molecule has 6 aromatic rings. The first-order chi connectivity index (χ1) is 20.2. The van der Waals surface area contributed by atoms with Crippen LogP contribution in [0.4, 0.5) is 0 Å². The van der Waals surface area contributed by atoms with Crippen molar-refractivity contribution in [3.8, 4) is 22.5 Å². The molecule has 2 heterocycles. The number of rotatable bonds is 10. The van der Waals surface area contributed by atoms with Crippen LogP contribution < -0.4 is 0 Å². The monoisotopic (exact) mass is 537 g/mol. The van der Waals surface area contributed by atoms with Gasteiger partial charge in [0.1, 0.15) is 5.82 Å². The van der Waals surface area contributed by atoms with Crippen molar-refractivity contribution in [2.45, 2.75) is 32.7 Å². The fourth-order valence-electron chi connectivity index (χ4n) is 5.10. The summed E-state index contributed by atoms with van der Waals surface area (Å²) in [5.74, 6) is 1.66. The van der Waals surface area contributed by atoms with Crippen molar-refractivity contribution in [1.29, 1.82) is 0 Å². The molecule has 0 fully saturated rings. The molecule has 6 rings (SSSR count). The highest BCUT2D eigenvalue weighted by atomic mass is 16.1. The summed E-state index contributed by atoms with van der Waals surface area (Å²) in [5, 5.41) is 14.4. The third-order valence-corrected chi connectivity index (χ3v) is 7.25. The Labute approximate surface area is 238 Å². The summed E-state index contributed by atoms with van der Waals surface area (Å²) in [5.41, 5.74) is 8.50. The quantitative estimate of drug-likeness (QED) is 0.192. The van der Waals surface area contributed by atoms with E-state index in [1.165, 1.54) is 0 Å². The predicted molar refractivity (Wildman–Crippen MR) is 163 cm³/mol. The maximum atomic E-state index is 11.9. The number of fused-ring (bicyclic) bond motifs is 1. The molecule has 201 valence electrons. The Bertz CT molecular complexity index is 1800. The zero-order chi connectivity index (χ0) is 28.0. The number of aromatic nitrogens is 6. The van der Waals surface area contributed by atoms with E-state index in [4.69, 9.17) is 4.98 Å². The van der Waals surface area contributed by atoms with Crippen LogP contribution in [0, 0.1) is 0 Å². The third-order valence-electron chi connectivity index (χ3n) is 7.25. The molecule has 7 heteroatoms. The molecule has 7 nitrogen and oxygen atoms in total. The first kappa shape index (κ1) is 26.1. The molecular weight excluding hydrogens is 508 g/mol. The molecule has 41 heavy (non-hydrogen) atoms. The molecule has 2 aromatic heterocycles. The van der Waals surface area contributed by atoms with Gasteiger partial charge >= 0.3 is 0 Å². The van der Waals surface area contributed by atoms with E-state index in [1.54, 1.807) is 0 Å². The van der Waals surface area contributed by atoms with E-state index in [2.05, 4.69) is 74.8 Å². The lowest BCUT2D eigenvalue weighted by molar-refractivity contribution is 0.562. The van der Waals surface area contributed by atoms with Gasteiger partial charge in [-0.15, -0.1) is 5.10 Å². The first-order valence-electron chi connectivity index (χ1n) is 13.8. The highest BCUT2D eigenvalue weighted by Crippen LogP contribution is 2.30. The largest absolute Gasteiger partial charge is 0.323 e. The molecule has 0 atom stereocenters. The zero-order valence-electron chi connectivity index (χ0n) is 22.8. The lowest BCUT2D eigenvalue weighted by Crippen LogP contribution is -2.05. The van der Waals surface area contributed by atoms with Crippen molar-refractivity contribution in [3.63, 3.8) is 0 Å². The Balaban J connectivity index is 1.36. The Morgan fingerprint density at radius 1 is 0.902 bits per heavy atom. The standard InChI is InChI=1S/C34H29N6O/c1-2-3-13-33-35-31-20-28(23-41)27(19-14-24-9-5-4-6-10-24)21-32(31)40(33)22-25-15-17-26(18-16-25)29-11-7-8-12-30(29)34-36-38-39-37-34/h4-12,14-21H,2-3,13,22H2,1H3,(H,36,37,38,39)/b19-14+. The molecule has 0 unspecified atom stereocenters. The maximum absolute atomic E-state index is 11.9. The maximum Gasteiger partial charge on any atom is 0.234 e. The number of aryl methyl sites for hydroxylation is 1. The van der Waals surface area contributed by atoms with Crippen LogP contribution in [0.25, 0.3) is 45.7 Å². The number of benzene rings is 4. The normalized spacial score (nSPS) is 11.4. The van der Waals surface area contributed by atoms with Crippen molar-refractivity contribution in [2.75, 3.05) is 0 Å². The topological polar surface area (TPSA) is 89.3 Å². The van der Waals surface area contributed by atoms with Gasteiger partial charge in [0, 0.05) is 24.1 Å². The summed E-state index contributed by atoms with van der Waals surface area (Å²) >= 11 is 0. The Kier molecular flexibility index (Phi) is 7.58. The van der Waals surface area contributed by atoms with Gasteiger partial charge in [-0.05, 0) is 56.8 Å². The van der Waals surface area contributed by atoms with Gasteiger partial charge in [0.15, 0.2) is 5.82 Å². The molecule has 0 amide bonds. The highest BCUT2D eigenvalue weighted by molar-refractivity contribution is 5.93. The molecule has 0 saturated heterocycles. The number of aromatic amines is 1. The molecule has 0 saturated carbocycles. The van der Waals surface area contributed by atoms with Gasteiger partial charge < -0.3 is 4.57 Å². The van der Waals surface area contributed by atoms with Crippen LogP contribution in [0.3, 0.4) is 0 Å². The van der Waals surface area contributed by atoms with E-state index < -0.39 is 0 Å². The summed E-state index contributed by atoms with van der Waals surface area (Å²) in [6, 6.07) is 30.7. The van der Waals surface area contributed by atoms with Crippen LogP contribution >= 0.6 is 0 Å². The van der Waals surface area contributed by atoms with Gasteiger partial charge in [-0.3, -0.25) is 4.79 Å². The summed E-state index contributed by atoms with van der Waals surface area (Å²) < 4.78 is 2.28. The smallest absolute Gasteiger partial charge is 0.234 e. The summed E-state index contributed by atoms with van der Waals surface area (Å²) in [7, 11) is 0. The van der Waals surface area contributed by atoms with E-state index in [0.29, 0.717) is 17.9 Å². The van der Waals surface area contributed by atoms with Crippen molar-refractivity contribution in [3.05, 3.63) is 119 Å². The van der Waals surface area contributed by atoms with E-state index in [0.717, 1.165) is 69.5 Å². The number of nitrogens with zero attached hydrogens (tertiary/aromatic N) is 5. The van der Waals surface area contributed by atoms with Gasteiger partial charge in [-0.25, -0.2) is 10.1 Å². The molecular formula is C34H29N6O. The average molecular weight is 538 g/mol. The number of unbranched alkanes of at least 4 members (excludes halogenated alkanes) is 1. The summed E-state index contributed by atoms with van der Waals surface area (Å²) in [6.45, 7) is 2.86. The average Bonchev–Trinajstić information content (AvgIpc) is 3.68. The van der Waals surface area contributed by atoms with Crippen molar-refractivity contribution in [1.82, 2.24) is 30.2 Å². The molecule has 0 aliphatic heterocycles. The van der Waals surface area contributed by atoms with Crippen LogP contribution in [-0.4, -0.2) is 36.5 Å². The summed E-state index contributed by atoms with van der Waals surface area (Å²) in [6.07, 6.45) is 9.11. The number of nitrogens with one attached hydrogen (secondary N) is 1. The van der Waals surface area contributed by atoms with Gasteiger partial charge in [-0.1, -0.05) is 104 Å². The van der Waals surface area contributed by atoms with E-state index >= 15 is 0 Å². The number of tetrazole rings is 1. The predicted octanol–water partition coefficient (Wildman–Crippen LogP) is 6.90. The Morgan fingerprint density at radius 2 is 1.68 bits per heavy atom. The van der Waals surface area contributed by atoms with Crippen LogP contribution in [0.5, 0.6) is 0 Å². The lowest BCUT2D eigenvalue weighted by atomic mass is 9.98. The van der Waals surface area contributed by atoms with Gasteiger partial charge in [0.2, 0.25) is 6.29 Å². The van der Waals surface area contributed by atoms with E-state index in [9.17, 15) is 4.79 Å². The van der Waals surface area contributed by atoms with E-state index in [-0.39, 0.29) is 0 Å². The minimum atomic E-state index is 0.515. The van der Waals surface area contributed by atoms with Crippen molar-refractivity contribution < 1.29 is 4.79 Å². The SMILES string of the molecule is CCCCc1nc2cc([C]=O)c(/C=C/c3ccccc3)cc2n1Cc1ccc(-c2ccccc2-c2nnn[nH]2)cc1. The minimum Gasteiger partial charge on any atom is -0.323 e. The second kappa shape index (κ2) is 11.9. The Hall–Kier alpha value is -5.17. The minimum absolute atomic E-state index is 0.515. The molecule has 0 spiro atoms. The lowest BCUT2D eigenvalue weighted by Gasteiger charge is -2.12. The fourth-order valence-corrected chi connectivity index (χ4v) is 5.10. The molecule has 1 radical (unpaired) electrons. The zero-order valence-corrected chi connectivity index (χ0v) is 22.8. The molecule has 0 aliphatic carbocycles. The van der Waals surface area contributed by atoms with Gasteiger partial charge in [0.05, 0.1) is 11.0 Å². The van der Waals surface area contributed by atoms with E-state index in [1.807, 2.05) is 66.7 Å². The molecule has 0 bridgehead atoms. The second-order valence-corrected chi connectivity index (χ2v) is 9.98. The number of hydrogen-bond acceptors (Lipinski definition) is 5. The summed E-state index contributed by atoms with van der Waals surface area (Å²) in [4.78, 5) is 16.8. The molecule has 1 N–H and O–H groups in total. The Morgan fingerprint density at radius 3 is 2.41 bits per heavy atom. The van der Waals surface area contributed by atoms with Crippen LogP contribution in [0.2, 0.25) is 0 Å². The van der Waals surface area contributed by atoms with Crippen molar-refractivity contribution in [2.24, 2.45) is 0 Å². The molecule has 0 aliphatic rings. The molecule has 4 aromatic carbocycles. The van der Waals surface area contributed by atoms with Gasteiger partial charge in [-0.2, -0.15) is 0 Å². The number of imidazole rings is 1. The highest BCUT2D eigenvalue weighted by Gasteiger charge is 2.15.